The van der Waals surface area contributed by atoms with Gasteiger partial charge in [0.15, 0.2) is 5.96 Å². The zero-order chi connectivity index (χ0) is 17.8. The molecule has 0 saturated heterocycles. The molecule has 0 aliphatic carbocycles. The van der Waals surface area contributed by atoms with Gasteiger partial charge in [-0.3, -0.25) is 4.99 Å². The van der Waals surface area contributed by atoms with E-state index in [0.717, 1.165) is 12.0 Å². The van der Waals surface area contributed by atoms with Gasteiger partial charge >= 0.3 is 6.18 Å². The Bertz CT molecular complexity index is 492. The van der Waals surface area contributed by atoms with Crippen molar-refractivity contribution in [3.8, 4) is 0 Å². The summed E-state index contributed by atoms with van der Waals surface area (Å²) in [5.74, 6) is 0.641. The van der Waals surface area contributed by atoms with Crippen molar-refractivity contribution in [1.82, 2.24) is 10.6 Å². The number of ether oxygens (including phenoxy) is 1. The Balaban J connectivity index is 2.25. The first-order chi connectivity index (χ1) is 11.4. The minimum Gasteiger partial charge on any atom is -0.372 e. The Morgan fingerprint density at radius 3 is 2.54 bits per heavy atom. The Morgan fingerprint density at radius 2 is 1.92 bits per heavy atom. The molecule has 2 N–H and O–H groups in total. The molecule has 0 spiro atoms. The number of nitrogens with zero attached hydrogens (tertiary/aromatic N) is 1. The minimum atomic E-state index is -4.28. The first-order valence-corrected chi connectivity index (χ1v) is 8.19. The van der Waals surface area contributed by atoms with Crippen molar-refractivity contribution in [3.63, 3.8) is 0 Å². The molecule has 0 fully saturated rings. The lowest BCUT2D eigenvalue weighted by Gasteiger charge is -2.11. The molecule has 0 aliphatic heterocycles. The smallest absolute Gasteiger partial charge is 0.372 e. The molecule has 0 radical (unpaired) electrons. The Hall–Kier alpha value is -1.47. The van der Waals surface area contributed by atoms with Gasteiger partial charge in [-0.15, -0.1) is 0 Å². The number of benzene rings is 1. The van der Waals surface area contributed by atoms with Crippen molar-refractivity contribution in [2.45, 2.75) is 25.9 Å². The van der Waals surface area contributed by atoms with Crippen LogP contribution in [0.4, 0.5) is 13.2 Å². The maximum atomic E-state index is 11.9. The zero-order valence-corrected chi connectivity index (χ0v) is 14.4. The second-order valence-electron chi connectivity index (χ2n) is 5.09. The van der Waals surface area contributed by atoms with Crippen LogP contribution in [0.3, 0.4) is 0 Å². The topological polar surface area (TPSA) is 45.7 Å². The summed E-state index contributed by atoms with van der Waals surface area (Å²) in [7, 11) is 0. The van der Waals surface area contributed by atoms with E-state index in [1.54, 1.807) is 0 Å². The normalized spacial score (nSPS) is 12.3. The van der Waals surface area contributed by atoms with Crippen LogP contribution in [0, 0.1) is 0 Å². The number of aliphatic imine (C=N–C) groups is 1. The molecule has 0 amide bonds. The summed E-state index contributed by atoms with van der Waals surface area (Å²) in [6.07, 6.45) is -3.03. The summed E-state index contributed by atoms with van der Waals surface area (Å²) in [4.78, 5) is 4.30. The summed E-state index contributed by atoms with van der Waals surface area (Å²) >= 11 is 5.84. The lowest BCUT2D eigenvalue weighted by Crippen LogP contribution is -2.38. The van der Waals surface area contributed by atoms with Gasteiger partial charge in [0.25, 0.3) is 0 Å². The number of nitrogens with one attached hydrogen (secondary N) is 2. The van der Waals surface area contributed by atoms with Crippen molar-refractivity contribution < 1.29 is 17.9 Å². The first kappa shape index (κ1) is 20.6. The summed E-state index contributed by atoms with van der Waals surface area (Å²) in [5.41, 5.74) is 1.16. The van der Waals surface area contributed by atoms with Crippen molar-refractivity contribution in [1.29, 1.82) is 0 Å². The Morgan fingerprint density at radius 1 is 1.21 bits per heavy atom. The van der Waals surface area contributed by atoms with Gasteiger partial charge in [-0.2, -0.15) is 13.2 Å². The van der Waals surface area contributed by atoms with E-state index in [1.165, 1.54) is 0 Å². The van der Waals surface area contributed by atoms with Gasteiger partial charge in [0.05, 0.1) is 0 Å². The largest absolute Gasteiger partial charge is 0.411 e. The van der Waals surface area contributed by atoms with E-state index in [0.29, 0.717) is 37.0 Å². The quantitative estimate of drug-likeness (QED) is 0.400. The van der Waals surface area contributed by atoms with Crippen molar-refractivity contribution in [2.75, 3.05) is 32.8 Å². The van der Waals surface area contributed by atoms with Crippen LogP contribution in [0.5, 0.6) is 0 Å². The van der Waals surface area contributed by atoms with Crippen LogP contribution < -0.4 is 10.6 Å². The molecule has 0 heterocycles. The molecule has 4 nitrogen and oxygen atoms in total. The van der Waals surface area contributed by atoms with E-state index in [2.05, 4.69) is 20.4 Å². The van der Waals surface area contributed by atoms with Crippen LogP contribution >= 0.6 is 11.6 Å². The molecule has 0 aliphatic rings. The molecular formula is C16H23ClF3N3O. The van der Waals surface area contributed by atoms with Crippen LogP contribution in [-0.4, -0.2) is 45.0 Å². The van der Waals surface area contributed by atoms with Crippen LogP contribution in [0.1, 0.15) is 18.9 Å². The molecule has 1 aromatic carbocycles. The number of hydrogen-bond acceptors (Lipinski definition) is 2. The van der Waals surface area contributed by atoms with Gasteiger partial charge in [-0.25, -0.2) is 0 Å². The number of guanidine groups is 1. The average Bonchev–Trinajstić information content (AvgIpc) is 2.51. The van der Waals surface area contributed by atoms with Crippen LogP contribution in [0.2, 0.25) is 5.02 Å². The number of rotatable bonds is 9. The minimum absolute atomic E-state index is 0.0349. The zero-order valence-electron chi connectivity index (χ0n) is 13.6. The molecule has 24 heavy (non-hydrogen) atoms. The molecule has 1 aromatic rings. The third-order valence-electron chi connectivity index (χ3n) is 2.95. The van der Waals surface area contributed by atoms with Crippen molar-refractivity contribution >= 4 is 17.6 Å². The standard InChI is InChI=1S/C16H23ClF3N3O/c1-2-21-15(22-9-3-11-24-12-16(18,19)20)23-10-8-13-4-6-14(17)7-5-13/h4-7H,2-3,8-12H2,1H3,(H2,21,22,23). The van der Waals surface area contributed by atoms with Gasteiger partial charge in [0.2, 0.25) is 0 Å². The molecule has 0 atom stereocenters. The summed E-state index contributed by atoms with van der Waals surface area (Å²) in [5, 5.41) is 6.98. The van der Waals surface area contributed by atoms with Crippen molar-refractivity contribution in [3.05, 3.63) is 34.9 Å². The van der Waals surface area contributed by atoms with Gasteiger partial charge in [0, 0.05) is 31.3 Å². The molecule has 0 saturated carbocycles. The Kier molecular flexibility index (Phi) is 9.56. The monoisotopic (exact) mass is 365 g/mol. The average molecular weight is 366 g/mol. The van der Waals surface area contributed by atoms with Gasteiger partial charge < -0.3 is 15.4 Å². The van der Waals surface area contributed by atoms with Crippen LogP contribution in [-0.2, 0) is 11.2 Å². The molecule has 0 unspecified atom stereocenters. The van der Waals surface area contributed by atoms with Crippen LogP contribution in [0.15, 0.2) is 29.3 Å². The second kappa shape index (κ2) is 11.1. The fourth-order valence-corrected chi connectivity index (χ4v) is 1.99. The van der Waals surface area contributed by atoms with E-state index < -0.39 is 12.8 Å². The fourth-order valence-electron chi connectivity index (χ4n) is 1.86. The number of alkyl halides is 3. The summed E-state index contributed by atoms with van der Waals surface area (Å²) in [6.45, 7) is 2.57. The molecule has 8 heteroatoms. The predicted molar refractivity (Wildman–Crippen MR) is 90.6 cm³/mol. The summed E-state index contributed by atoms with van der Waals surface area (Å²) in [6, 6.07) is 7.62. The highest BCUT2D eigenvalue weighted by Gasteiger charge is 2.27. The lowest BCUT2D eigenvalue weighted by atomic mass is 10.1. The summed E-state index contributed by atoms with van der Waals surface area (Å²) < 4.78 is 40.3. The fraction of sp³-hybridized carbons (Fsp3) is 0.562. The third-order valence-corrected chi connectivity index (χ3v) is 3.20. The molecule has 136 valence electrons. The highest BCUT2D eigenvalue weighted by molar-refractivity contribution is 6.30. The maximum Gasteiger partial charge on any atom is 0.411 e. The van der Waals surface area contributed by atoms with Gasteiger partial charge in [-0.1, -0.05) is 23.7 Å². The highest BCUT2D eigenvalue weighted by Crippen LogP contribution is 2.14. The van der Waals surface area contributed by atoms with Crippen molar-refractivity contribution in [2.24, 2.45) is 4.99 Å². The number of halogens is 4. The van der Waals surface area contributed by atoms with Crippen LogP contribution in [0.25, 0.3) is 0 Å². The molecular weight excluding hydrogens is 343 g/mol. The van der Waals surface area contributed by atoms with Gasteiger partial charge in [-0.05, 0) is 37.5 Å². The first-order valence-electron chi connectivity index (χ1n) is 7.82. The third kappa shape index (κ3) is 10.3. The second-order valence-corrected chi connectivity index (χ2v) is 5.52. The number of hydrogen-bond donors (Lipinski definition) is 2. The van der Waals surface area contributed by atoms with E-state index in [-0.39, 0.29) is 6.61 Å². The van der Waals surface area contributed by atoms with E-state index in [4.69, 9.17) is 11.6 Å². The molecule has 0 bridgehead atoms. The van der Waals surface area contributed by atoms with Gasteiger partial charge in [0.1, 0.15) is 6.61 Å². The molecule has 1 rings (SSSR count). The van der Waals surface area contributed by atoms with E-state index in [9.17, 15) is 13.2 Å². The van der Waals surface area contributed by atoms with E-state index >= 15 is 0 Å². The Labute approximate surface area is 145 Å². The predicted octanol–water partition coefficient (Wildman–Crippen LogP) is 3.41. The highest BCUT2D eigenvalue weighted by atomic mass is 35.5. The SMILES string of the molecule is CCNC(=NCCCOCC(F)(F)F)NCCc1ccc(Cl)cc1. The van der Waals surface area contributed by atoms with E-state index in [1.807, 2.05) is 31.2 Å². The molecule has 0 aromatic heterocycles. The lowest BCUT2D eigenvalue weighted by molar-refractivity contribution is -0.173. The maximum absolute atomic E-state index is 11.9.